The van der Waals surface area contributed by atoms with Gasteiger partial charge in [0.15, 0.2) is 0 Å². The quantitative estimate of drug-likeness (QED) is 0.657. The van der Waals surface area contributed by atoms with Gasteiger partial charge in [-0.15, -0.1) is 11.6 Å². The van der Waals surface area contributed by atoms with Gasteiger partial charge in [0.1, 0.15) is 16.7 Å². The van der Waals surface area contributed by atoms with E-state index in [0.717, 1.165) is 0 Å². The maximum absolute atomic E-state index is 8.64. The highest BCUT2D eigenvalue weighted by atomic mass is 35.5. The van der Waals surface area contributed by atoms with Crippen LogP contribution in [0.5, 0.6) is 0 Å². The van der Waals surface area contributed by atoms with E-state index in [1.54, 1.807) is 0 Å². The minimum Gasteiger partial charge on any atom is -0.396 e. The Morgan fingerprint density at radius 3 is 3.00 bits per heavy atom. The number of aliphatic hydroxyl groups is 1. The number of hydrogen-bond donors (Lipinski definition) is 1. The van der Waals surface area contributed by atoms with Gasteiger partial charge in [0.05, 0.1) is 0 Å². The average molecular weight is 195 g/mol. The summed E-state index contributed by atoms with van der Waals surface area (Å²) < 4.78 is 0. The fourth-order valence-corrected chi connectivity index (χ4v) is 1.21. The van der Waals surface area contributed by atoms with Crippen molar-refractivity contribution < 1.29 is 5.11 Å². The first-order chi connectivity index (χ1) is 5.19. The molecule has 0 saturated heterocycles. The van der Waals surface area contributed by atoms with E-state index < -0.39 is 4.87 Å². The number of alkyl halides is 1. The highest BCUT2D eigenvalue weighted by molar-refractivity contribution is 6.75. The van der Waals surface area contributed by atoms with Crippen LogP contribution in [0, 0.1) is 0 Å². The molecule has 0 aliphatic carbocycles. The fourth-order valence-electron chi connectivity index (χ4n) is 0.804. The van der Waals surface area contributed by atoms with Crippen LogP contribution in [0.15, 0.2) is 9.98 Å². The molecule has 0 amide bonds. The molecular formula is C6H8Cl2N2O. The van der Waals surface area contributed by atoms with Crippen molar-refractivity contribution in [1.82, 2.24) is 0 Å². The van der Waals surface area contributed by atoms with Crippen LogP contribution in [-0.4, -0.2) is 34.6 Å². The van der Waals surface area contributed by atoms with Gasteiger partial charge < -0.3 is 5.11 Å². The summed E-state index contributed by atoms with van der Waals surface area (Å²) in [5.41, 5.74) is 0. The lowest BCUT2D eigenvalue weighted by Gasteiger charge is -2.21. The molecule has 5 heteroatoms. The van der Waals surface area contributed by atoms with Crippen LogP contribution in [0.25, 0.3) is 0 Å². The van der Waals surface area contributed by atoms with Crippen LogP contribution in [-0.2, 0) is 0 Å². The van der Waals surface area contributed by atoms with Gasteiger partial charge in [0.25, 0.3) is 0 Å². The van der Waals surface area contributed by atoms with E-state index in [9.17, 15) is 0 Å². The molecule has 62 valence electrons. The zero-order chi connectivity index (χ0) is 8.32. The van der Waals surface area contributed by atoms with Gasteiger partial charge in [0, 0.05) is 19.2 Å². The van der Waals surface area contributed by atoms with Gasteiger partial charge in [-0.1, -0.05) is 11.6 Å². The summed E-state index contributed by atoms with van der Waals surface area (Å²) in [6.45, 7) is 0.306. The Bertz CT molecular complexity index is 205. The second-order valence-corrected chi connectivity index (χ2v) is 3.27. The van der Waals surface area contributed by atoms with Crippen molar-refractivity contribution in [1.29, 1.82) is 0 Å². The zero-order valence-electron chi connectivity index (χ0n) is 5.80. The predicted octanol–water partition coefficient (Wildman–Crippen LogP) is 1.03. The second kappa shape index (κ2) is 3.52. The molecule has 1 aliphatic rings. The lowest BCUT2D eigenvalue weighted by molar-refractivity contribution is 0.287. The van der Waals surface area contributed by atoms with Gasteiger partial charge in [0.2, 0.25) is 0 Å². The average Bonchev–Trinajstić information content (AvgIpc) is 1.96. The first-order valence-electron chi connectivity index (χ1n) is 3.20. The van der Waals surface area contributed by atoms with Crippen molar-refractivity contribution in [2.75, 3.05) is 13.3 Å². The minimum atomic E-state index is -0.867. The van der Waals surface area contributed by atoms with E-state index in [1.807, 2.05) is 0 Å². The first-order valence-corrected chi connectivity index (χ1v) is 3.96. The van der Waals surface area contributed by atoms with Crippen molar-refractivity contribution in [3.63, 3.8) is 0 Å². The molecular weight excluding hydrogens is 187 g/mol. The third kappa shape index (κ3) is 1.92. The Labute approximate surface area is 74.7 Å². The summed E-state index contributed by atoms with van der Waals surface area (Å²) in [5, 5.41) is 8.95. The van der Waals surface area contributed by atoms with Gasteiger partial charge in [-0.05, 0) is 0 Å². The van der Waals surface area contributed by atoms with E-state index in [4.69, 9.17) is 28.3 Å². The van der Waals surface area contributed by atoms with Crippen LogP contribution in [0.1, 0.15) is 6.42 Å². The molecule has 0 fully saturated rings. The Balaban J connectivity index is 2.73. The topological polar surface area (TPSA) is 45.0 Å². The maximum atomic E-state index is 8.64. The zero-order valence-corrected chi connectivity index (χ0v) is 7.31. The molecule has 0 saturated carbocycles. The summed E-state index contributed by atoms with van der Waals surface area (Å²) in [4.78, 5) is 6.84. The third-order valence-corrected chi connectivity index (χ3v) is 2.42. The van der Waals surface area contributed by atoms with Gasteiger partial charge in [-0.2, -0.15) is 0 Å². The molecule has 1 rings (SSSR count). The summed E-state index contributed by atoms with van der Waals surface area (Å²) in [6, 6.07) is 0. The molecule has 0 aromatic rings. The Hall–Kier alpha value is -0.120. The lowest BCUT2D eigenvalue weighted by atomic mass is 10.1. The molecule has 1 heterocycles. The number of nitrogens with zero attached hydrogens (tertiary/aromatic N) is 2. The van der Waals surface area contributed by atoms with Crippen molar-refractivity contribution >= 4 is 34.6 Å². The third-order valence-electron chi connectivity index (χ3n) is 1.41. The highest BCUT2D eigenvalue weighted by Gasteiger charge is 2.31. The highest BCUT2D eigenvalue weighted by Crippen LogP contribution is 2.24. The Morgan fingerprint density at radius 2 is 2.45 bits per heavy atom. The van der Waals surface area contributed by atoms with Crippen LogP contribution in [0.3, 0.4) is 0 Å². The van der Waals surface area contributed by atoms with Crippen LogP contribution in [0.2, 0.25) is 0 Å². The molecule has 11 heavy (non-hydrogen) atoms. The summed E-state index contributed by atoms with van der Waals surface area (Å²) in [5.74, 6) is 0. The SMILES string of the molecule is OCCC1(Cl)C=NCN=C1Cl. The molecule has 0 spiro atoms. The summed E-state index contributed by atoms with van der Waals surface area (Å²) in [7, 11) is 0. The lowest BCUT2D eigenvalue weighted by Crippen LogP contribution is -2.34. The van der Waals surface area contributed by atoms with Crippen LogP contribution < -0.4 is 0 Å². The van der Waals surface area contributed by atoms with Gasteiger partial charge in [-0.25, -0.2) is 0 Å². The predicted molar refractivity (Wildman–Crippen MR) is 46.9 cm³/mol. The largest absolute Gasteiger partial charge is 0.396 e. The molecule has 1 unspecified atom stereocenters. The number of rotatable bonds is 2. The number of hydrogen-bond acceptors (Lipinski definition) is 3. The normalized spacial score (nSPS) is 30.3. The number of aliphatic imine (C=N–C) groups is 2. The molecule has 0 aromatic carbocycles. The van der Waals surface area contributed by atoms with Crippen LogP contribution in [0.4, 0.5) is 0 Å². The summed E-state index contributed by atoms with van der Waals surface area (Å²) >= 11 is 11.7. The molecule has 3 nitrogen and oxygen atoms in total. The first kappa shape index (κ1) is 8.97. The Kier molecular flexibility index (Phi) is 2.87. The van der Waals surface area contributed by atoms with Crippen LogP contribution >= 0.6 is 23.2 Å². The Morgan fingerprint density at radius 1 is 1.73 bits per heavy atom. The molecule has 0 bridgehead atoms. The van der Waals surface area contributed by atoms with Crippen molar-refractivity contribution in [3.8, 4) is 0 Å². The monoisotopic (exact) mass is 194 g/mol. The summed E-state index contributed by atoms with van der Waals surface area (Å²) in [6.07, 6.45) is 1.88. The van der Waals surface area contributed by atoms with E-state index in [2.05, 4.69) is 9.98 Å². The standard InChI is InChI=1S/C6H8Cl2N2O/c7-5-6(8,1-2-11)3-9-4-10-5/h3,11H,1-2,4H2. The molecule has 0 radical (unpaired) electrons. The molecule has 1 N–H and O–H groups in total. The van der Waals surface area contributed by atoms with Crippen molar-refractivity contribution in [2.45, 2.75) is 11.3 Å². The van der Waals surface area contributed by atoms with E-state index in [1.165, 1.54) is 6.21 Å². The number of aliphatic hydroxyl groups excluding tert-OH is 1. The van der Waals surface area contributed by atoms with E-state index in [0.29, 0.717) is 18.3 Å². The minimum absolute atomic E-state index is 0.0265. The smallest absolute Gasteiger partial charge is 0.134 e. The van der Waals surface area contributed by atoms with Gasteiger partial charge in [-0.3, -0.25) is 9.98 Å². The maximum Gasteiger partial charge on any atom is 0.134 e. The second-order valence-electron chi connectivity index (χ2n) is 2.24. The molecule has 0 aromatic heterocycles. The van der Waals surface area contributed by atoms with Crippen molar-refractivity contribution in [2.24, 2.45) is 9.98 Å². The van der Waals surface area contributed by atoms with E-state index >= 15 is 0 Å². The number of halogens is 2. The molecule has 1 aliphatic heterocycles. The van der Waals surface area contributed by atoms with Gasteiger partial charge >= 0.3 is 0 Å². The van der Waals surface area contributed by atoms with Crippen molar-refractivity contribution in [3.05, 3.63) is 0 Å². The van der Waals surface area contributed by atoms with E-state index in [-0.39, 0.29) is 6.61 Å². The molecule has 1 atom stereocenters. The fraction of sp³-hybridized carbons (Fsp3) is 0.667.